The lowest BCUT2D eigenvalue weighted by molar-refractivity contribution is -0.116. The van der Waals surface area contributed by atoms with E-state index in [1.165, 1.54) is 6.08 Å². The number of aromatic nitrogens is 1. The minimum atomic E-state index is -0.199. The highest BCUT2D eigenvalue weighted by Gasteiger charge is 2.05. The van der Waals surface area contributed by atoms with Crippen molar-refractivity contribution < 1.29 is 13.9 Å². The van der Waals surface area contributed by atoms with Gasteiger partial charge in [-0.1, -0.05) is 6.07 Å². The van der Waals surface area contributed by atoms with Crippen LogP contribution in [0.1, 0.15) is 24.0 Å². The molecule has 5 heteroatoms. The Kier molecular flexibility index (Phi) is 5.15. The third-order valence-electron chi connectivity index (χ3n) is 2.74. The number of aryl methyl sites for hydroxylation is 1. The van der Waals surface area contributed by atoms with Crippen molar-refractivity contribution in [1.82, 2.24) is 10.3 Å². The molecule has 0 spiro atoms. The largest absolute Gasteiger partial charge is 0.478 e. The Morgan fingerprint density at radius 1 is 1.43 bits per heavy atom. The Hall–Kier alpha value is -2.56. The second-order valence-corrected chi connectivity index (χ2v) is 4.40. The first-order chi connectivity index (χ1) is 10.2. The molecule has 1 N–H and O–H groups in total. The van der Waals surface area contributed by atoms with Crippen LogP contribution in [0.15, 0.2) is 41.0 Å². The highest BCUT2D eigenvalue weighted by molar-refractivity contribution is 5.91. The summed E-state index contributed by atoms with van der Waals surface area (Å²) in [6.45, 7) is 4.65. The summed E-state index contributed by atoms with van der Waals surface area (Å²) in [5.74, 6) is 1.81. The van der Waals surface area contributed by atoms with E-state index in [-0.39, 0.29) is 5.91 Å². The molecule has 0 bridgehead atoms. The zero-order chi connectivity index (χ0) is 15.1. The van der Waals surface area contributed by atoms with Gasteiger partial charge >= 0.3 is 0 Å². The molecule has 0 aromatic carbocycles. The summed E-state index contributed by atoms with van der Waals surface area (Å²) in [4.78, 5) is 15.9. The van der Waals surface area contributed by atoms with Gasteiger partial charge in [0.1, 0.15) is 11.5 Å². The summed E-state index contributed by atoms with van der Waals surface area (Å²) in [6.07, 6.45) is 4.74. The number of amides is 1. The van der Waals surface area contributed by atoms with E-state index in [4.69, 9.17) is 9.15 Å². The van der Waals surface area contributed by atoms with Crippen LogP contribution in [0.2, 0.25) is 0 Å². The Morgan fingerprint density at radius 2 is 2.29 bits per heavy atom. The van der Waals surface area contributed by atoms with Crippen LogP contribution in [0, 0.1) is 6.92 Å². The van der Waals surface area contributed by atoms with Gasteiger partial charge in [0.25, 0.3) is 0 Å². The molecule has 2 heterocycles. The van der Waals surface area contributed by atoms with Crippen molar-refractivity contribution in [3.05, 3.63) is 53.6 Å². The molecule has 0 aliphatic rings. The molecule has 0 atom stereocenters. The van der Waals surface area contributed by atoms with Gasteiger partial charge in [-0.3, -0.25) is 4.79 Å². The molecule has 2 rings (SSSR count). The zero-order valence-electron chi connectivity index (χ0n) is 12.1. The molecule has 0 saturated heterocycles. The lowest BCUT2D eigenvalue weighted by atomic mass is 10.2. The second kappa shape index (κ2) is 7.28. The molecule has 110 valence electrons. The van der Waals surface area contributed by atoms with Crippen molar-refractivity contribution in [2.75, 3.05) is 6.61 Å². The Morgan fingerprint density at radius 3 is 3.00 bits per heavy atom. The first-order valence-corrected chi connectivity index (χ1v) is 6.78. The predicted octanol–water partition coefficient (Wildman–Crippen LogP) is 2.71. The maximum atomic E-state index is 11.8. The summed E-state index contributed by atoms with van der Waals surface area (Å²) in [7, 11) is 0. The van der Waals surface area contributed by atoms with Crippen LogP contribution in [0.3, 0.4) is 0 Å². The monoisotopic (exact) mass is 286 g/mol. The van der Waals surface area contributed by atoms with Crippen molar-refractivity contribution in [2.24, 2.45) is 0 Å². The number of rotatable bonds is 6. The SMILES string of the molecule is CCOc1ncccc1CNC(=O)/C=C/c1ccc(C)o1. The van der Waals surface area contributed by atoms with Gasteiger partial charge in [-0.25, -0.2) is 4.98 Å². The van der Waals surface area contributed by atoms with E-state index in [1.54, 1.807) is 12.3 Å². The van der Waals surface area contributed by atoms with Crippen LogP contribution in [0.4, 0.5) is 0 Å². The van der Waals surface area contributed by atoms with Crippen LogP contribution in [0.25, 0.3) is 6.08 Å². The summed E-state index contributed by atoms with van der Waals surface area (Å²) < 4.78 is 10.8. The van der Waals surface area contributed by atoms with E-state index in [0.29, 0.717) is 24.8 Å². The normalized spacial score (nSPS) is 10.8. The van der Waals surface area contributed by atoms with Gasteiger partial charge in [-0.05, 0) is 38.1 Å². The van der Waals surface area contributed by atoms with E-state index in [0.717, 1.165) is 11.3 Å². The molecule has 2 aromatic rings. The van der Waals surface area contributed by atoms with Crippen LogP contribution in [0.5, 0.6) is 5.88 Å². The number of nitrogens with one attached hydrogen (secondary N) is 1. The minimum absolute atomic E-state index is 0.199. The molecule has 0 aliphatic heterocycles. The van der Waals surface area contributed by atoms with Crippen molar-refractivity contribution in [3.63, 3.8) is 0 Å². The first-order valence-electron chi connectivity index (χ1n) is 6.78. The Balaban J connectivity index is 1.90. The van der Waals surface area contributed by atoms with Gasteiger partial charge in [-0.2, -0.15) is 0 Å². The third kappa shape index (κ3) is 4.49. The molecular weight excluding hydrogens is 268 g/mol. The number of carbonyl (C=O) groups is 1. The predicted molar refractivity (Wildman–Crippen MR) is 79.7 cm³/mol. The van der Waals surface area contributed by atoms with Gasteiger partial charge in [0.15, 0.2) is 0 Å². The Bertz CT molecular complexity index is 632. The minimum Gasteiger partial charge on any atom is -0.478 e. The fraction of sp³-hybridized carbons (Fsp3) is 0.250. The summed E-state index contributed by atoms with van der Waals surface area (Å²) in [6, 6.07) is 7.35. The number of hydrogen-bond acceptors (Lipinski definition) is 4. The highest BCUT2D eigenvalue weighted by atomic mass is 16.5. The van der Waals surface area contributed by atoms with Crippen LogP contribution < -0.4 is 10.1 Å². The molecule has 2 aromatic heterocycles. The number of furan rings is 1. The van der Waals surface area contributed by atoms with Crippen molar-refractivity contribution in [3.8, 4) is 5.88 Å². The quantitative estimate of drug-likeness (QED) is 0.829. The van der Waals surface area contributed by atoms with Gasteiger partial charge in [-0.15, -0.1) is 0 Å². The van der Waals surface area contributed by atoms with E-state index < -0.39 is 0 Å². The van der Waals surface area contributed by atoms with Crippen LogP contribution in [-0.2, 0) is 11.3 Å². The topological polar surface area (TPSA) is 64.4 Å². The summed E-state index contributed by atoms with van der Waals surface area (Å²) in [5.41, 5.74) is 0.843. The molecule has 0 radical (unpaired) electrons. The number of pyridine rings is 1. The molecule has 0 unspecified atom stereocenters. The van der Waals surface area contributed by atoms with Crippen molar-refractivity contribution in [2.45, 2.75) is 20.4 Å². The maximum absolute atomic E-state index is 11.8. The lowest BCUT2D eigenvalue weighted by Gasteiger charge is -2.08. The van der Waals surface area contributed by atoms with E-state index in [2.05, 4.69) is 10.3 Å². The summed E-state index contributed by atoms with van der Waals surface area (Å²) >= 11 is 0. The second-order valence-electron chi connectivity index (χ2n) is 4.40. The number of nitrogens with zero attached hydrogens (tertiary/aromatic N) is 1. The van der Waals surface area contributed by atoms with Gasteiger partial charge in [0.05, 0.1) is 6.61 Å². The van der Waals surface area contributed by atoms with Crippen LogP contribution in [-0.4, -0.2) is 17.5 Å². The average Bonchev–Trinajstić information content (AvgIpc) is 2.90. The van der Waals surface area contributed by atoms with E-state index in [9.17, 15) is 4.79 Å². The van der Waals surface area contributed by atoms with E-state index in [1.807, 2.05) is 38.1 Å². The first kappa shape index (κ1) is 14.8. The molecule has 5 nitrogen and oxygen atoms in total. The average molecular weight is 286 g/mol. The lowest BCUT2D eigenvalue weighted by Crippen LogP contribution is -2.20. The number of hydrogen-bond donors (Lipinski definition) is 1. The number of ether oxygens (including phenoxy) is 1. The number of carbonyl (C=O) groups excluding carboxylic acids is 1. The van der Waals surface area contributed by atoms with Gasteiger partial charge < -0.3 is 14.5 Å². The van der Waals surface area contributed by atoms with Gasteiger partial charge in [0, 0.05) is 24.4 Å². The summed E-state index contributed by atoms with van der Waals surface area (Å²) in [5, 5.41) is 2.79. The maximum Gasteiger partial charge on any atom is 0.244 e. The smallest absolute Gasteiger partial charge is 0.244 e. The van der Waals surface area contributed by atoms with Crippen molar-refractivity contribution in [1.29, 1.82) is 0 Å². The standard InChI is InChI=1S/C16H18N2O3/c1-3-20-16-13(5-4-10-17-16)11-18-15(19)9-8-14-7-6-12(2)21-14/h4-10H,3,11H2,1-2H3,(H,18,19)/b9-8+. The third-order valence-corrected chi connectivity index (χ3v) is 2.74. The molecule has 0 fully saturated rings. The molecule has 21 heavy (non-hydrogen) atoms. The highest BCUT2D eigenvalue weighted by Crippen LogP contribution is 2.13. The molecular formula is C16H18N2O3. The fourth-order valence-corrected chi connectivity index (χ4v) is 1.77. The van der Waals surface area contributed by atoms with Crippen LogP contribution >= 0.6 is 0 Å². The molecule has 0 saturated carbocycles. The zero-order valence-corrected chi connectivity index (χ0v) is 12.1. The molecule has 1 amide bonds. The van der Waals surface area contributed by atoms with Gasteiger partial charge in [0.2, 0.25) is 11.8 Å². The Labute approximate surface area is 123 Å². The fourth-order valence-electron chi connectivity index (χ4n) is 1.77. The van der Waals surface area contributed by atoms with Crippen molar-refractivity contribution >= 4 is 12.0 Å². The van der Waals surface area contributed by atoms with E-state index >= 15 is 0 Å². The molecule has 0 aliphatic carbocycles.